The number of rotatable bonds is 7. The molecule has 0 fully saturated rings. The van der Waals surface area contributed by atoms with Gasteiger partial charge in [-0.05, 0) is 36.8 Å². The highest BCUT2D eigenvalue weighted by atomic mass is 32.2. The van der Waals surface area contributed by atoms with E-state index in [1.807, 2.05) is 6.92 Å². The van der Waals surface area contributed by atoms with Gasteiger partial charge >= 0.3 is 0 Å². The quantitative estimate of drug-likeness (QED) is 0.765. The van der Waals surface area contributed by atoms with Crippen LogP contribution in [0.2, 0.25) is 0 Å². The second-order valence-corrected chi connectivity index (χ2v) is 6.79. The first-order chi connectivity index (χ1) is 11.0. The molecule has 122 valence electrons. The third-order valence-electron chi connectivity index (χ3n) is 3.25. The lowest BCUT2D eigenvalue weighted by Gasteiger charge is -2.09. The number of sulfonamides is 1. The number of hydrogen-bond acceptors (Lipinski definition) is 3. The Labute approximate surface area is 136 Å². The van der Waals surface area contributed by atoms with Crippen LogP contribution in [0.25, 0.3) is 0 Å². The number of benzene rings is 2. The molecule has 0 aliphatic heterocycles. The van der Waals surface area contributed by atoms with Crippen LogP contribution in [0.1, 0.15) is 30.1 Å². The third-order valence-corrected chi connectivity index (χ3v) is 4.63. The standard InChI is InChI=1S/C17H20N2O3S/c1-2-3-12-18-17(20)14-8-7-11-16(13-14)23(21,22)19-15-9-5-4-6-10-15/h4-11,13,19H,2-3,12H2,1H3,(H,18,20). The number of anilines is 1. The number of carbonyl (C=O) groups excluding carboxylic acids is 1. The van der Waals surface area contributed by atoms with Gasteiger partial charge in [0.2, 0.25) is 0 Å². The minimum atomic E-state index is -3.72. The van der Waals surface area contributed by atoms with Gasteiger partial charge in [-0.2, -0.15) is 0 Å². The van der Waals surface area contributed by atoms with Gasteiger partial charge in [-0.3, -0.25) is 9.52 Å². The summed E-state index contributed by atoms with van der Waals surface area (Å²) in [7, 11) is -3.72. The Hall–Kier alpha value is -2.34. The summed E-state index contributed by atoms with van der Waals surface area (Å²) < 4.78 is 27.3. The third kappa shape index (κ3) is 4.82. The Morgan fingerprint density at radius 3 is 2.48 bits per heavy atom. The summed E-state index contributed by atoms with van der Waals surface area (Å²) in [6.07, 6.45) is 1.87. The van der Waals surface area contributed by atoms with E-state index in [1.165, 1.54) is 12.1 Å². The summed E-state index contributed by atoms with van der Waals surface area (Å²) >= 11 is 0. The largest absolute Gasteiger partial charge is 0.352 e. The first-order valence-corrected chi connectivity index (χ1v) is 8.97. The van der Waals surface area contributed by atoms with Crippen LogP contribution in [-0.2, 0) is 10.0 Å². The molecule has 0 aliphatic rings. The highest BCUT2D eigenvalue weighted by Crippen LogP contribution is 2.16. The first kappa shape index (κ1) is 17.0. The van der Waals surface area contributed by atoms with Crippen molar-refractivity contribution in [1.82, 2.24) is 5.32 Å². The molecule has 2 N–H and O–H groups in total. The van der Waals surface area contributed by atoms with E-state index in [0.717, 1.165) is 12.8 Å². The maximum Gasteiger partial charge on any atom is 0.261 e. The van der Waals surface area contributed by atoms with Crippen molar-refractivity contribution in [2.75, 3.05) is 11.3 Å². The van der Waals surface area contributed by atoms with Gasteiger partial charge in [-0.25, -0.2) is 8.42 Å². The number of hydrogen-bond donors (Lipinski definition) is 2. The predicted octanol–water partition coefficient (Wildman–Crippen LogP) is 3.02. The van der Waals surface area contributed by atoms with Gasteiger partial charge in [0.15, 0.2) is 0 Å². The summed E-state index contributed by atoms with van der Waals surface area (Å²) in [6, 6.07) is 14.6. The smallest absolute Gasteiger partial charge is 0.261 e. The van der Waals surface area contributed by atoms with E-state index in [9.17, 15) is 13.2 Å². The highest BCUT2D eigenvalue weighted by molar-refractivity contribution is 7.92. The maximum atomic E-state index is 12.4. The molecule has 2 rings (SSSR count). The SMILES string of the molecule is CCCCNC(=O)c1cccc(S(=O)(=O)Nc2ccccc2)c1. The zero-order valence-electron chi connectivity index (χ0n) is 13.0. The van der Waals surface area contributed by atoms with Crippen LogP contribution >= 0.6 is 0 Å². The molecule has 0 saturated heterocycles. The van der Waals surface area contributed by atoms with E-state index in [2.05, 4.69) is 10.0 Å². The van der Waals surface area contributed by atoms with Gasteiger partial charge in [-0.15, -0.1) is 0 Å². The summed E-state index contributed by atoms with van der Waals surface area (Å²) in [6.45, 7) is 2.61. The van der Waals surface area contributed by atoms with Crippen LogP contribution in [0, 0.1) is 0 Å². The summed E-state index contributed by atoms with van der Waals surface area (Å²) in [4.78, 5) is 12.1. The fourth-order valence-corrected chi connectivity index (χ4v) is 3.11. The molecule has 0 radical (unpaired) electrons. The molecule has 2 aromatic rings. The summed E-state index contributed by atoms with van der Waals surface area (Å²) in [5.74, 6) is -0.268. The molecular formula is C17H20N2O3S. The van der Waals surface area contributed by atoms with Crippen molar-refractivity contribution < 1.29 is 13.2 Å². The number of carbonyl (C=O) groups is 1. The molecule has 0 aliphatic carbocycles. The molecular weight excluding hydrogens is 312 g/mol. The molecule has 5 nitrogen and oxygen atoms in total. The molecule has 0 atom stereocenters. The van der Waals surface area contributed by atoms with Gasteiger partial charge in [0.05, 0.1) is 4.90 Å². The van der Waals surface area contributed by atoms with Crippen LogP contribution in [0.3, 0.4) is 0 Å². The Morgan fingerprint density at radius 2 is 1.78 bits per heavy atom. The highest BCUT2D eigenvalue weighted by Gasteiger charge is 2.16. The van der Waals surface area contributed by atoms with E-state index < -0.39 is 10.0 Å². The molecule has 0 spiro atoms. The second-order valence-electron chi connectivity index (χ2n) is 5.11. The van der Waals surface area contributed by atoms with Crippen molar-refractivity contribution in [3.8, 4) is 0 Å². The molecule has 23 heavy (non-hydrogen) atoms. The fraction of sp³-hybridized carbons (Fsp3) is 0.235. The second kappa shape index (κ2) is 7.78. The average molecular weight is 332 g/mol. The van der Waals surface area contributed by atoms with Crippen LogP contribution in [0.5, 0.6) is 0 Å². The number of unbranched alkanes of at least 4 members (excludes halogenated alkanes) is 1. The molecule has 0 aromatic heterocycles. The minimum absolute atomic E-state index is 0.0597. The summed E-state index contributed by atoms with van der Waals surface area (Å²) in [5, 5.41) is 2.77. The maximum absolute atomic E-state index is 12.4. The van der Waals surface area contributed by atoms with Crippen LogP contribution in [0.4, 0.5) is 5.69 Å². The number of amides is 1. The van der Waals surface area contributed by atoms with Gasteiger partial charge in [0, 0.05) is 17.8 Å². The lowest BCUT2D eigenvalue weighted by atomic mass is 10.2. The van der Waals surface area contributed by atoms with Crippen molar-refractivity contribution in [3.05, 3.63) is 60.2 Å². The van der Waals surface area contributed by atoms with Crippen LogP contribution in [-0.4, -0.2) is 20.9 Å². The van der Waals surface area contributed by atoms with Crippen molar-refractivity contribution in [2.45, 2.75) is 24.7 Å². The van der Waals surface area contributed by atoms with E-state index >= 15 is 0 Å². The van der Waals surface area contributed by atoms with Gasteiger partial charge in [0.1, 0.15) is 0 Å². The lowest BCUT2D eigenvalue weighted by molar-refractivity contribution is 0.0953. The average Bonchev–Trinajstić information content (AvgIpc) is 2.55. The zero-order valence-corrected chi connectivity index (χ0v) is 13.8. The number of nitrogens with one attached hydrogen (secondary N) is 2. The van der Waals surface area contributed by atoms with E-state index in [-0.39, 0.29) is 10.8 Å². The van der Waals surface area contributed by atoms with Gasteiger partial charge in [-0.1, -0.05) is 37.6 Å². The Kier molecular flexibility index (Phi) is 5.76. The normalized spacial score (nSPS) is 11.0. The van der Waals surface area contributed by atoms with Gasteiger partial charge in [0.25, 0.3) is 15.9 Å². The Bertz CT molecular complexity index is 758. The lowest BCUT2D eigenvalue weighted by Crippen LogP contribution is -2.24. The molecule has 0 saturated carbocycles. The molecule has 0 bridgehead atoms. The molecule has 0 unspecified atom stereocenters. The van der Waals surface area contributed by atoms with Gasteiger partial charge < -0.3 is 5.32 Å². The van der Waals surface area contributed by atoms with Crippen LogP contribution < -0.4 is 10.0 Å². The Balaban J connectivity index is 2.16. The van der Waals surface area contributed by atoms with Crippen molar-refractivity contribution in [1.29, 1.82) is 0 Å². The minimum Gasteiger partial charge on any atom is -0.352 e. The van der Waals surface area contributed by atoms with Crippen LogP contribution in [0.15, 0.2) is 59.5 Å². The van der Waals surface area contributed by atoms with Crippen molar-refractivity contribution in [3.63, 3.8) is 0 Å². The zero-order chi connectivity index (χ0) is 16.7. The molecule has 6 heteroatoms. The topological polar surface area (TPSA) is 75.3 Å². The number of para-hydroxylation sites is 1. The van der Waals surface area contributed by atoms with E-state index in [4.69, 9.17) is 0 Å². The molecule has 1 amide bonds. The molecule has 2 aromatic carbocycles. The first-order valence-electron chi connectivity index (χ1n) is 7.49. The van der Waals surface area contributed by atoms with E-state index in [0.29, 0.717) is 17.8 Å². The van der Waals surface area contributed by atoms with Crippen molar-refractivity contribution in [2.24, 2.45) is 0 Å². The predicted molar refractivity (Wildman–Crippen MR) is 90.9 cm³/mol. The van der Waals surface area contributed by atoms with Crippen molar-refractivity contribution >= 4 is 21.6 Å². The molecule has 0 heterocycles. The summed E-state index contributed by atoms with van der Waals surface area (Å²) in [5.41, 5.74) is 0.808. The monoisotopic (exact) mass is 332 g/mol. The fourth-order valence-electron chi connectivity index (χ4n) is 2.01. The van der Waals surface area contributed by atoms with E-state index in [1.54, 1.807) is 42.5 Å². The Morgan fingerprint density at radius 1 is 1.04 bits per heavy atom.